The predicted octanol–water partition coefficient (Wildman–Crippen LogP) is 5.88. The Bertz CT molecular complexity index is 595. The second-order valence-corrected chi connectivity index (χ2v) is 6.00. The van der Waals surface area contributed by atoms with Gasteiger partial charge in [0.1, 0.15) is 11.5 Å². The molecule has 3 rings (SSSR count). The maximum absolute atomic E-state index is 6.26. The SMILES string of the molecule is Clc1ccc(Oc2ccc(C3CC3Cl)c(Cl)c2)cc1. The Hall–Kier alpha value is -0.890. The molecule has 0 saturated heterocycles. The molecule has 19 heavy (non-hydrogen) atoms. The first kappa shape index (κ1) is 13.1. The number of benzene rings is 2. The summed E-state index contributed by atoms with van der Waals surface area (Å²) in [7, 11) is 0. The van der Waals surface area contributed by atoms with Crippen molar-refractivity contribution in [2.75, 3.05) is 0 Å². The van der Waals surface area contributed by atoms with Crippen molar-refractivity contribution in [1.82, 2.24) is 0 Å². The summed E-state index contributed by atoms with van der Waals surface area (Å²) in [4.78, 5) is 0. The van der Waals surface area contributed by atoms with Crippen molar-refractivity contribution >= 4 is 34.8 Å². The van der Waals surface area contributed by atoms with Crippen molar-refractivity contribution in [3.63, 3.8) is 0 Å². The quantitative estimate of drug-likeness (QED) is 0.643. The third-order valence-corrected chi connectivity index (χ3v) is 4.19. The van der Waals surface area contributed by atoms with Gasteiger partial charge < -0.3 is 4.74 Å². The van der Waals surface area contributed by atoms with Gasteiger partial charge in [0, 0.05) is 21.3 Å². The van der Waals surface area contributed by atoms with Crippen molar-refractivity contribution in [2.24, 2.45) is 0 Å². The van der Waals surface area contributed by atoms with Crippen LogP contribution in [0.25, 0.3) is 0 Å². The molecule has 1 nitrogen and oxygen atoms in total. The molecule has 2 aromatic carbocycles. The minimum Gasteiger partial charge on any atom is -0.457 e. The molecule has 0 bridgehead atoms. The van der Waals surface area contributed by atoms with Crippen molar-refractivity contribution in [1.29, 1.82) is 0 Å². The summed E-state index contributed by atoms with van der Waals surface area (Å²) in [5, 5.41) is 1.61. The van der Waals surface area contributed by atoms with E-state index in [0.29, 0.717) is 21.7 Å². The third kappa shape index (κ3) is 3.00. The average Bonchev–Trinajstić information content (AvgIpc) is 3.09. The zero-order valence-corrected chi connectivity index (χ0v) is 12.2. The lowest BCUT2D eigenvalue weighted by atomic mass is 10.1. The van der Waals surface area contributed by atoms with E-state index >= 15 is 0 Å². The second-order valence-electron chi connectivity index (χ2n) is 4.60. The standard InChI is InChI=1S/C15H11Cl3O/c16-9-1-3-10(4-2-9)19-11-5-6-12(14(17)7-11)13-8-15(13)18/h1-7,13,15H,8H2. The van der Waals surface area contributed by atoms with Crippen LogP contribution < -0.4 is 4.74 Å². The number of hydrogen-bond donors (Lipinski definition) is 0. The lowest BCUT2D eigenvalue weighted by Gasteiger charge is -2.08. The van der Waals surface area contributed by atoms with E-state index in [0.717, 1.165) is 17.7 Å². The first-order valence-corrected chi connectivity index (χ1v) is 7.19. The molecule has 0 amide bonds. The topological polar surface area (TPSA) is 9.23 Å². The van der Waals surface area contributed by atoms with Crippen LogP contribution in [0.5, 0.6) is 11.5 Å². The predicted molar refractivity (Wildman–Crippen MR) is 80.0 cm³/mol. The van der Waals surface area contributed by atoms with E-state index in [1.807, 2.05) is 30.3 Å². The van der Waals surface area contributed by atoms with Gasteiger partial charge in [0.05, 0.1) is 0 Å². The zero-order chi connectivity index (χ0) is 13.4. The Morgan fingerprint density at radius 2 is 1.58 bits per heavy atom. The van der Waals surface area contributed by atoms with E-state index < -0.39 is 0 Å². The molecule has 2 aromatic rings. The van der Waals surface area contributed by atoms with E-state index in [2.05, 4.69) is 0 Å². The maximum atomic E-state index is 6.26. The lowest BCUT2D eigenvalue weighted by Crippen LogP contribution is -1.88. The normalized spacial score (nSPS) is 21.2. The Morgan fingerprint density at radius 1 is 0.947 bits per heavy atom. The highest BCUT2D eigenvalue weighted by Gasteiger charge is 2.37. The molecular formula is C15H11Cl3O. The molecule has 2 atom stereocenters. The number of ether oxygens (including phenoxy) is 1. The minimum atomic E-state index is 0.223. The number of rotatable bonds is 3. The summed E-state index contributed by atoms with van der Waals surface area (Å²) in [6.07, 6.45) is 0.999. The van der Waals surface area contributed by atoms with Crippen LogP contribution in [0, 0.1) is 0 Å². The smallest absolute Gasteiger partial charge is 0.128 e. The monoisotopic (exact) mass is 312 g/mol. The Kier molecular flexibility index (Phi) is 3.62. The molecule has 0 aliphatic heterocycles. The molecule has 1 fully saturated rings. The second kappa shape index (κ2) is 5.24. The summed E-state index contributed by atoms with van der Waals surface area (Å²) in [5.41, 5.74) is 1.10. The molecule has 0 spiro atoms. The fourth-order valence-electron chi connectivity index (χ4n) is 2.00. The molecule has 2 unspecified atom stereocenters. The lowest BCUT2D eigenvalue weighted by molar-refractivity contribution is 0.482. The van der Waals surface area contributed by atoms with Gasteiger partial charge >= 0.3 is 0 Å². The Morgan fingerprint density at radius 3 is 2.16 bits per heavy atom. The first-order valence-electron chi connectivity index (χ1n) is 6.00. The molecule has 0 radical (unpaired) electrons. The minimum absolute atomic E-state index is 0.223. The van der Waals surface area contributed by atoms with Gasteiger partial charge in [-0.1, -0.05) is 29.3 Å². The highest BCUT2D eigenvalue weighted by Crippen LogP contribution is 2.48. The maximum Gasteiger partial charge on any atom is 0.128 e. The summed E-state index contributed by atoms with van der Waals surface area (Å²) in [5.74, 6) is 1.83. The molecule has 98 valence electrons. The fourth-order valence-corrected chi connectivity index (χ4v) is 2.76. The van der Waals surface area contributed by atoms with E-state index in [4.69, 9.17) is 39.5 Å². The summed E-state index contributed by atoms with van der Waals surface area (Å²) < 4.78 is 5.72. The van der Waals surface area contributed by atoms with Gasteiger partial charge in [0.15, 0.2) is 0 Å². The number of alkyl halides is 1. The van der Waals surface area contributed by atoms with Crippen LogP contribution in [-0.2, 0) is 0 Å². The highest BCUT2D eigenvalue weighted by molar-refractivity contribution is 6.32. The summed E-state index contributed by atoms with van der Waals surface area (Å²) in [6, 6.07) is 12.9. The Balaban J connectivity index is 1.78. The molecule has 1 aliphatic rings. The van der Waals surface area contributed by atoms with Crippen molar-refractivity contribution in [3.05, 3.63) is 58.1 Å². The number of halogens is 3. The van der Waals surface area contributed by atoms with Crippen molar-refractivity contribution < 1.29 is 4.74 Å². The van der Waals surface area contributed by atoms with E-state index in [1.165, 1.54) is 0 Å². The van der Waals surface area contributed by atoms with Gasteiger partial charge in [0.25, 0.3) is 0 Å². The Labute approximate surface area is 127 Å². The van der Waals surface area contributed by atoms with Crippen LogP contribution in [0.2, 0.25) is 10.0 Å². The summed E-state index contributed by atoms with van der Waals surface area (Å²) >= 11 is 18.1. The molecule has 4 heteroatoms. The highest BCUT2D eigenvalue weighted by atomic mass is 35.5. The van der Waals surface area contributed by atoms with E-state index in [9.17, 15) is 0 Å². The van der Waals surface area contributed by atoms with Gasteiger partial charge in [-0.2, -0.15) is 0 Å². The van der Waals surface area contributed by atoms with Crippen molar-refractivity contribution in [2.45, 2.75) is 17.7 Å². The van der Waals surface area contributed by atoms with Crippen molar-refractivity contribution in [3.8, 4) is 11.5 Å². The van der Waals surface area contributed by atoms with Gasteiger partial charge in [-0.3, -0.25) is 0 Å². The molecule has 0 heterocycles. The van der Waals surface area contributed by atoms with E-state index in [-0.39, 0.29) is 5.38 Å². The molecule has 0 aromatic heterocycles. The van der Waals surface area contributed by atoms with E-state index in [1.54, 1.807) is 12.1 Å². The van der Waals surface area contributed by atoms with Gasteiger partial charge in [-0.05, 0) is 48.4 Å². The molecule has 1 aliphatic carbocycles. The molecule has 0 N–H and O–H groups in total. The van der Waals surface area contributed by atoms with Crippen LogP contribution in [-0.4, -0.2) is 5.38 Å². The largest absolute Gasteiger partial charge is 0.457 e. The first-order chi connectivity index (χ1) is 9.13. The average molecular weight is 314 g/mol. The van der Waals surface area contributed by atoms with Gasteiger partial charge in [-0.15, -0.1) is 11.6 Å². The fraction of sp³-hybridized carbons (Fsp3) is 0.200. The number of hydrogen-bond acceptors (Lipinski definition) is 1. The molecule has 1 saturated carbocycles. The van der Waals surface area contributed by atoms with Gasteiger partial charge in [0.2, 0.25) is 0 Å². The van der Waals surface area contributed by atoms with Crippen LogP contribution in [0.4, 0.5) is 0 Å². The van der Waals surface area contributed by atoms with Crippen LogP contribution in [0.15, 0.2) is 42.5 Å². The van der Waals surface area contributed by atoms with Crippen LogP contribution in [0.1, 0.15) is 17.9 Å². The zero-order valence-electron chi connectivity index (χ0n) is 9.95. The third-order valence-electron chi connectivity index (χ3n) is 3.13. The van der Waals surface area contributed by atoms with Gasteiger partial charge in [-0.25, -0.2) is 0 Å². The van der Waals surface area contributed by atoms with Crippen LogP contribution in [0.3, 0.4) is 0 Å². The summed E-state index contributed by atoms with van der Waals surface area (Å²) in [6.45, 7) is 0. The van der Waals surface area contributed by atoms with Crippen LogP contribution >= 0.6 is 34.8 Å². The molecular weight excluding hydrogens is 303 g/mol.